The Hall–Kier alpha value is -1.56. The van der Waals surface area contributed by atoms with Crippen LogP contribution in [0.1, 0.15) is 5.69 Å². The van der Waals surface area contributed by atoms with E-state index in [1.165, 1.54) is 0 Å². The molecular weight excluding hydrogens is 188 g/mol. The van der Waals surface area contributed by atoms with Crippen molar-refractivity contribution in [1.82, 2.24) is 15.6 Å². The molecule has 0 atom stereocenters. The highest BCUT2D eigenvalue weighted by molar-refractivity contribution is 7.80. The Morgan fingerprint density at radius 3 is 3.00 bits per heavy atom. The Balaban J connectivity index is 2.27. The summed E-state index contributed by atoms with van der Waals surface area (Å²) in [5, 5.41) is 4.78. The van der Waals surface area contributed by atoms with Crippen molar-refractivity contribution in [3.63, 3.8) is 0 Å². The topological polar surface area (TPSA) is 82.9 Å². The lowest BCUT2D eigenvalue weighted by Crippen LogP contribution is -2.41. The third-order valence-corrected chi connectivity index (χ3v) is 1.44. The van der Waals surface area contributed by atoms with E-state index in [1.807, 2.05) is 12.1 Å². The Morgan fingerprint density at radius 1 is 1.69 bits per heavy atom. The van der Waals surface area contributed by atoms with E-state index in [0.29, 0.717) is 6.54 Å². The molecule has 5 nitrogen and oxygen atoms in total. The molecular formula is C7H10N4OS. The first-order valence-corrected chi connectivity index (χ1v) is 4.06. The predicted octanol–water partition coefficient (Wildman–Crippen LogP) is 0.0575. The zero-order valence-corrected chi connectivity index (χ0v) is 7.65. The van der Waals surface area contributed by atoms with Crippen LogP contribution in [0.4, 0.5) is 4.79 Å². The van der Waals surface area contributed by atoms with Crippen LogP contribution in [-0.4, -0.2) is 16.1 Å². The molecule has 5 N–H and O–H groups in total. The van der Waals surface area contributed by atoms with Crippen LogP contribution in [0.3, 0.4) is 0 Å². The molecule has 0 aliphatic heterocycles. The van der Waals surface area contributed by atoms with Crippen molar-refractivity contribution < 1.29 is 4.79 Å². The van der Waals surface area contributed by atoms with E-state index in [0.717, 1.165) is 5.69 Å². The number of nitrogens with one attached hydrogen (secondary N) is 3. The number of aromatic amines is 1. The molecule has 1 aromatic rings. The maximum atomic E-state index is 10.9. The fraction of sp³-hybridized carbons (Fsp3) is 0.143. The van der Waals surface area contributed by atoms with E-state index in [9.17, 15) is 4.79 Å². The van der Waals surface area contributed by atoms with E-state index in [4.69, 9.17) is 5.73 Å². The van der Waals surface area contributed by atoms with Crippen LogP contribution >= 0.6 is 12.2 Å². The summed E-state index contributed by atoms with van der Waals surface area (Å²) >= 11 is 4.48. The average Bonchev–Trinajstić information content (AvgIpc) is 2.51. The van der Waals surface area contributed by atoms with Gasteiger partial charge in [0, 0.05) is 11.9 Å². The smallest absolute Gasteiger partial charge is 0.321 e. The summed E-state index contributed by atoms with van der Waals surface area (Å²) in [6, 6.07) is 3.31. The second-order valence-electron chi connectivity index (χ2n) is 2.37. The zero-order valence-electron chi connectivity index (χ0n) is 6.83. The Kier molecular flexibility index (Phi) is 3.27. The van der Waals surface area contributed by atoms with Gasteiger partial charge in [0.05, 0.1) is 6.54 Å². The van der Waals surface area contributed by atoms with Gasteiger partial charge in [-0.25, -0.2) is 4.79 Å². The number of aromatic nitrogens is 1. The molecule has 1 aromatic heterocycles. The van der Waals surface area contributed by atoms with Crippen molar-refractivity contribution >= 4 is 23.4 Å². The first-order valence-electron chi connectivity index (χ1n) is 3.65. The fourth-order valence-corrected chi connectivity index (χ4v) is 0.902. The predicted molar refractivity (Wildman–Crippen MR) is 52.9 cm³/mol. The van der Waals surface area contributed by atoms with Gasteiger partial charge < -0.3 is 16.0 Å². The number of rotatable bonds is 2. The van der Waals surface area contributed by atoms with Gasteiger partial charge in [0.2, 0.25) is 0 Å². The molecule has 0 aliphatic rings. The number of carbonyl (C=O) groups excluding carboxylic acids is 1. The van der Waals surface area contributed by atoms with Gasteiger partial charge in [-0.15, -0.1) is 0 Å². The lowest BCUT2D eigenvalue weighted by Gasteiger charge is -2.03. The number of carbonyl (C=O) groups is 1. The lowest BCUT2D eigenvalue weighted by molar-refractivity contribution is 0.245. The molecule has 0 saturated heterocycles. The van der Waals surface area contributed by atoms with Crippen LogP contribution in [0.5, 0.6) is 0 Å². The zero-order chi connectivity index (χ0) is 9.68. The third-order valence-electron chi connectivity index (χ3n) is 1.34. The van der Waals surface area contributed by atoms with Crippen LogP contribution < -0.4 is 16.4 Å². The van der Waals surface area contributed by atoms with Gasteiger partial charge in [-0.1, -0.05) is 0 Å². The summed E-state index contributed by atoms with van der Waals surface area (Å²) in [5.74, 6) is 0. The standard InChI is InChI=1S/C7H10N4OS/c8-6(13)11-7(12)10-4-5-2-1-3-9-5/h1-3,9H,4H2,(H4,8,10,11,12,13). The van der Waals surface area contributed by atoms with Crippen LogP contribution in [-0.2, 0) is 6.54 Å². The Bertz CT molecular complexity index is 295. The van der Waals surface area contributed by atoms with Crippen LogP contribution in [0.15, 0.2) is 18.3 Å². The fourth-order valence-electron chi connectivity index (χ4n) is 0.809. The monoisotopic (exact) mass is 198 g/mol. The summed E-state index contributed by atoms with van der Waals surface area (Å²) in [6.07, 6.45) is 1.78. The van der Waals surface area contributed by atoms with Crippen molar-refractivity contribution in [1.29, 1.82) is 0 Å². The van der Waals surface area contributed by atoms with E-state index in [2.05, 4.69) is 27.8 Å². The van der Waals surface area contributed by atoms with Gasteiger partial charge in [-0.2, -0.15) is 0 Å². The number of amides is 2. The molecule has 1 rings (SSSR count). The molecule has 0 bridgehead atoms. The van der Waals surface area contributed by atoms with Gasteiger partial charge in [0.15, 0.2) is 5.11 Å². The minimum Gasteiger partial charge on any atom is -0.376 e. The first-order chi connectivity index (χ1) is 6.18. The maximum absolute atomic E-state index is 10.9. The van der Waals surface area contributed by atoms with Gasteiger partial charge in [-0.05, 0) is 24.4 Å². The molecule has 0 saturated carbocycles. The molecule has 0 spiro atoms. The SMILES string of the molecule is NC(=S)NC(=O)NCc1ccc[nH]1. The Morgan fingerprint density at radius 2 is 2.46 bits per heavy atom. The summed E-state index contributed by atoms with van der Waals surface area (Å²) in [4.78, 5) is 13.9. The van der Waals surface area contributed by atoms with Crippen molar-refractivity contribution in [3.05, 3.63) is 24.0 Å². The minimum atomic E-state index is -0.401. The average molecular weight is 198 g/mol. The highest BCUT2D eigenvalue weighted by Crippen LogP contribution is 1.91. The quantitative estimate of drug-likeness (QED) is 0.507. The lowest BCUT2D eigenvalue weighted by atomic mass is 10.4. The van der Waals surface area contributed by atoms with Gasteiger partial charge in [-0.3, -0.25) is 5.32 Å². The van der Waals surface area contributed by atoms with Gasteiger partial charge >= 0.3 is 6.03 Å². The number of hydrogen-bond donors (Lipinski definition) is 4. The second-order valence-corrected chi connectivity index (χ2v) is 2.81. The van der Waals surface area contributed by atoms with Crippen LogP contribution in [0.25, 0.3) is 0 Å². The molecule has 0 unspecified atom stereocenters. The van der Waals surface area contributed by atoms with Crippen LogP contribution in [0.2, 0.25) is 0 Å². The van der Waals surface area contributed by atoms with Crippen molar-refractivity contribution in [2.75, 3.05) is 0 Å². The molecule has 70 valence electrons. The number of H-pyrrole nitrogens is 1. The number of nitrogens with two attached hydrogens (primary N) is 1. The van der Waals surface area contributed by atoms with Gasteiger partial charge in [0.1, 0.15) is 0 Å². The van der Waals surface area contributed by atoms with Crippen molar-refractivity contribution in [2.24, 2.45) is 5.73 Å². The van der Waals surface area contributed by atoms with Crippen LogP contribution in [0, 0.1) is 0 Å². The van der Waals surface area contributed by atoms with E-state index in [1.54, 1.807) is 6.20 Å². The summed E-state index contributed by atoms with van der Waals surface area (Å²) in [5.41, 5.74) is 6.01. The van der Waals surface area contributed by atoms with Crippen molar-refractivity contribution in [2.45, 2.75) is 6.54 Å². The number of urea groups is 1. The number of thiocarbonyl (C=S) groups is 1. The molecule has 0 fully saturated rings. The largest absolute Gasteiger partial charge is 0.376 e. The van der Waals surface area contributed by atoms with E-state index in [-0.39, 0.29) is 5.11 Å². The highest BCUT2D eigenvalue weighted by atomic mass is 32.1. The normalized spacial score (nSPS) is 9.23. The highest BCUT2D eigenvalue weighted by Gasteiger charge is 2.00. The Labute approximate surface area is 80.7 Å². The second kappa shape index (κ2) is 4.46. The van der Waals surface area contributed by atoms with Crippen molar-refractivity contribution in [3.8, 4) is 0 Å². The molecule has 2 amide bonds. The summed E-state index contributed by atoms with van der Waals surface area (Å²) in [7, 11) is 0. The summed E-state index contributed by atoms with van der Waals surface area (Å²) < 4.78 is 0. The van der Waals surface area contributed by atoms with E-state index >= 15 is 0 Å². The molecule has 6 heteroatoms. The maximum Gasteiger partial charge on any atom is 0.321 e. The number of hydrogen-bond acceptors (Lipinski definition) is 2. The third kappa shape index (κ3) is 3.57. The summed E-state index contributed by atoms with van der Waals surface area (Å²) in [6.45, 7) is 0.418. The minimum absolute atomic E-state index is 0.0380. The molecule has 0 aliphatic carbocycles. The molecule has 1 heterocycles. The van der Waals surface area contributed by atoms with E-state index < -0.39 is 6.03 Å². The molecule has 0 aromatic carbocycles. The van der Waals surface area contributed by atoms with Gasteiger partial charge in [0.25, 0.3) is 0 Å². The first kappa shape index (κ1) is 9.53. The molecule has 0 radical (unpaired) electrons. The molecule has 13 heavy (non-hydrogen) atoms.